The fourth-order valence-corrected chi connectivity index (χ4v) is 2.79. The van der Waals surface area contributed by atoms with Gasteiger partial charge in [-0.15, -0.1) is 11.8 Å². The van der Waals surface area contributed by atoms with Crippen molar-refractivity contribution < 1.29 is 14.7 Å². The van der Waals surface area contributed by atoms with Crippen LogP contribution in [0.15, 0.2) is 29.2 Å². The molecule has 6 heteroatoms. The minimum absolute atomic E-state index is 0.199. The molecule has 1 aromatic rings. The average Bonchev–Trinajstić information content (AvgIpc) is 2.37. The molecule has 0 aliphatic heterocycles. The number of carbonyl (C=O) groups is 2. The van der Waals surface area contributed by atoms with Gasteiger partial charge in [-0.2, -0.15) is 0 Å². The van der Waals surface area contributed by atoms with E-state index in [1.54, 1.807) is 19.9 Å². The fraction of sp³-hybridized carbons (Fsp3) is 0.385. The molecule has 0 bridgehead atoms. The number of benzene rings is 1. The number of rotatable bonds is 6. The van der Waals surface area contributed by atoms with Gasteiger partial charge in [-0.3, -0.25) is 9.59 Å². The Morgan fingerprint density at radius 1 is 1.42 bits per heavy atom. The number of hydrogen-bond acceptors (Lipinski definition) is 3. The summed E-state index contributed by atoms with van der Waals surface area (Å²) in [6, 6.07) is 7.27. The van der Waals surface area contributed by atoms with Crippen LogP contribution in [0.2, 0.25) is 5.02 Å². The normalized spacial score (nSPS) is 11.9. The second-order valence-corrected chi connectivity index (χ2v) is 5.73. The van der Waals surface area contributed by atoms with Gasteiger partial charge in [-0.1, -0.05) is 23.7 Å². The Balaban J connectivity index is 2.71. The zero-order valence-electron chi connectivity index (χ0n) is 10.8. The van der Waals surface area contributed by atoms with Crippen molar-refractivity contribution in [3.63, 3.8) is 0 Å². The van der Waals surface area contributed by atoms with Crippen molar-refractivity contribution in [1.29, 1.82) is 0 Å². The summed E-state index contributed by atoms with van der Waals surface area (Å²) in [6.45, 7) is 3.61. The molecule has 1 N–H and O–H groups in total. The van der Waals surface area contributed by atoms with Gasteiger partial charge in [0.05, 0.1) is 10.3 Å². The van der Waals surface area contributed by atoms with Gasteiger partial charge in [0, 0.05) is 11.4 Å². The Labute approximate surface area is 121 Å². The number of nitrogens with zero attached hydrogens (tertiary/aromatic N) is 1. The molecule has 1 atom stereocenters. The second kappa shape index (κ2) is 7.40. The maximum Gasteiger partial charge on any atom is 0.323 e. The average molecular weight is 302 g/mol. The Bertz CT molecular complexity index is 467. The van der Waals surface area contributed by atoms with Crippen molar-refractivity contribution in [2.75, 3.05) is 13.1 Å². The van der Waals surface area contributed by atoms with E-state index in [0.717, 1.165) is 4.90 Å². The number of carbonyl (C=O) groups excluding carboxylic acids is 1. The largest absolute Gasteiger partial charge is 0.480 e. The second-order valence-electron chi connectivity index (χ2n) is 3.94. The first-order valence-corrected chi connectivity index (χ1v) is 7.13. The predicted molar refractivity (Wildman–Crippen MR) is 76.7 cm³/mol. The molecular formula is C13H16ClNO3S. The molecule has 4 nitrogen and oxygen atoms in total. The van der Waals surface area contributed by atoms with Crippen LogP contribution >= 0.6 is 23.4 Å². The molecular weight excluding hydrogens is 286 g/mol. The number of amides is 1. The lowest BCUT2D eigenvalue weighted by atomic mass is 10.3. The summed E-state index contributed by atoms with van der Waals surface area (Å²) in [6.07, 6.45) is 0. The van der Waals surface area contributed by atoms with Crippen LogP contribution in [0, 0.1) is 0 Å². The quantitative estimate of drug-likeness (QED) is 0.821. The first-order valence-electron chi connectivity index (χ1n) is 5.87. The standard InChI is InChI=1S/C13H16ClNO3S/c1-3-15(8-12(16)17)13(18)9(2)19-11-7-5-4-6-10(11)14/h4-7,9H,3,8H2,1-2H3,(H,16,17). The van der Waals surface area contributed by atoms with Gasteiger partial charge in [-0.25, -0.2) is 0 Å². The highest BCUT2D eigenvalue weighted by atomic mass is 35.5. The van der Waals surface area contributed by atoms with Crippen molar-refractivity contribution in [3.05, 3.63) is 29.3 Å². The third kappa shape index (κ3) is 4.76. The number of hydrogen-bond donors (Lipinski definition) is 1. The van der Waals surface area contributed by atoms with Gasteiger partial charge in [0.25, 0.3) is 0 Å². The van der Waals surface area contributed by atoms with Crippen molar-refractivity contribution in [3.8, 4) is 0 Å². The van der Waals surface area contributed by atoms with E-state index >= 15 is 0 Å². The molecule has 0 spiro atoms. The van der Waals surface area contributed by atoms with Crippen LogP contribution in [-0.4, -0.2) is 40.2 Å². The first kappa shape index (κ1) is 15.9. The number of thioether (sulfide) groups is 1. The molecule has 1 rings (SSSR count). The topological polar surface area (TPSA) is 57.6 Å². The minimum atomic E-state index is -1.01. The Morgan fingerprint density at radius 3 is 2.58 bits per heavy atom. The highest BCUT2D eigenvalue weighted by Gasteiger charge is 2.22. The van der Waals surface area contributed by atoms with Gasteiger partial charge in [0.2, 0.25) is 5.91 Å². The van der Waals surface area contributed by atoms with Crippen LogP contribution in [-0.2, 0) is 9.59 Å². The maximum atomic E-state index is 12.1. The van der Waals surface area contributed by atoms with Gasteiger partial charge in [0.1, 0.15) is 6.54 Å². The highest BCUT2D eigenvalue weighted by molar-refractivity contribution is 8.00. The SMILES string of the molecule is CCN(CC(=O)O)C(=O)C(C)Sc1ccccc1Cl. The zero-order valence-corrected chi connectivity index (χ0v) is 12.4. The number of halogens is 1. The van der Waals surface area contributed by atoms with Crippen LogP contribution in [0.5, 0.6) is 0 Å². The molecule has 1 amide bonds. The molecule has 104 valence electrons. The summed E-state index contributed by atoms with van der Waals surface area (Å²) in [5, 5.41) is 8.97. The van der Waals surface area contributed by atoms with Gasteiger partial charge >= 0.3 is 5.97 Å². The van der Waals surface area contributed by atoms with Crippen molar-refractivity contribution in [2.24, 2.45) is 0 Å². The van der Waals surface area contributed by atoms with E-state index in [0.29, 0.717) is 11.6 Å². The van der Waals surface area contributed by atoms with E-state index in [1.165, 1.54) is 16.7 Å². The molecule has 0 heterocycles. The summed E-state index contributed by atoms with van der Waals surface area (Å²) < 4.78 is 0. The molecule has 0 saturated carbocycles. The molecule has 0 aliphatic carbocycles. The summed E-state index contributed by atoms with van der Waals surface area (Å²) >= 11 is 7.36. The lowest BCUT2D eigenvalue weighted by molar-refractivity contribution is -0.143. The van der Waals surface area contributed by atoms with Crippen molar-refractivity contribution in [1.82, 2.24) is 4.90 Å². The van der Waals surface area contributed by atoms with E-state index in [4.69, 9.17) is 16.7 Å². The summed E-state index contributed by atoms with van der Waals surface area (Å²) in [5.74, 6) is -1.21. The summed E-state index contributed by atoms with van der Waals surface area (Å²) in [4.78, 5) is 24.9. The molecule has 0 saturated heterocycles. The molecule has 0 aromatic heterocycles. The van der Waals surface area contributed by atoms with E-state index in [1.807, 2.05) is 18.2 Å². The maximum absolute atomic E-state index is 12.1. The highest BCUT2D eigenvalue weighted by Crippen LogP contribution is 2.30. The summed E-state index contributed by atoms with van der Waals surface area (Å²) in [7, 11) is 0. The predicted octanol–water partition coefficient (Wildman–Crippen LogP) is 2.75. The molecule has 1 unspecified atom stereocenters. The van der Waals surface area contributed by atoms with Crippen LogP contribution in [0.25, 0.3) is 0 Å². The monoisotopic (exact) mass is 301 g/mol. The number of aliphatic carboxylic acids is 1. The van der Waals surface area contributed by atoms with Crippen LogP contribution < -0.4 is 0 Å². The smallest absolute Gasteiger partial charge is 0.323 e. The van der Waals surface area contributed by atoms with Crippen LogP contribution in [0.4, 0.5) is 0 Å². The Hall–Kier alpha value is -1.20. The Kier molecular flexibility index (Phi) is 6.18. The van der Waals surface area contributed by atoms with E-state index in [2.05, 4.69) is 0 Å². The number of carboxylic acids is 1. The number of carboxylic acid groups (broad SMARTS) is 1. The Morgan fingerprint density at radius 2 is 2.05 bits per heavy atom. The zero-order chi connectivity index (χ0) is 14.4. The van der Waals surface area contributed by atoms with Gasteiger partial charge < -0.3 is 10.0 Å². The minimum Gasteiger partial charge on any atom is -0.480 e. The lowest BCUT2D eigenvalue weighted by Gasteiger charge is -2.22. The fourth-order valence-electron chi connectivity index (χ4n) is 1.55. The van der Waals surface area contributed by atoms with Crippen LogP contribution in [0.1, 0.15) is 13.8 Å². The molecule has 0 aliphatic rings. The van der Waals surface area contributed by atoms with Gasteiger partial charge in [-0.05, 0) is 26.0 Å². The lowest BCUT2D eigenvalue weighted by Crippen LogP contribution is -2.39. The molecule has 1 aromatic carbocycles. The van der Waals surface area contributed by atoms with E-state index < -0.39 is 5.97 Å². The molecule has 0 radical (unpaired) electrons. The number of likely N-dealkylation sites (N-methyl/N-ethyl adjacent to an activating group) is 1. The van der Waals surface area contributed by atoms with E-state index in [-0.39, 0.29) is 17.7 Å². The first-order chi connectivity index (χ1) is 8.95. The van der Waals surface area contributed by atoms with Gasteiger partial charge in [0.15, 0.2) is 0 Å². The molecule has 0 fully saturated rings. The van der Waals surface area contributed by atoms with E-state index in [9.17, 15) is 9.59 Å². The van der Waals surface area contributed by atoms with Crippen LogP contribution in [0.3, 0.4) is 0 Å². The third-order valence-electron chi connectivity index (χ3n) is 2.51. The van der Waals surface area contributed by atoms with Crippen molar-refractivity contribution >= 4 is 35.2 Å². The third-order valence-corrected chi connectivity index (χ3v) is 4.11. The van der Waals surface area contributed by atoms with Crippen molar-refractivity contribution in [2.45, 2.75) is 24.0 Å². The summed E-state index contributed by atoms with van der Waals surface area (Å²) in [5.41, 5.74) is 0. The molecule has 19 heavy (non-hydrogen) atoms.